The molecule has 28 heavy (non-hydrogen) atoms. The number of rotatable bonds is 9. The molecule has 1 aromatic heterocycles. The van der Waals surface area contributed by atoms with Gasteiger partial charge in [-0.1, -0.05) is 12.1 Å². The summed E-state index contributed by atoms with van der Waals surface area (Å²) in [4.78, 5) is 26.1. The molecule has 0 fully saturated rings. The molecule has 10 heteroatoms. The quantitative estimate of drug-likeness (QED) is 0.617. The number of likely N-dealkylation sites (N-methyl/N-ethyl adjacent to an activating group) is 1. The first kappa shape index (κ1) is 21.6. The second kappa shape index (κ2) is 9.98. The number of nitrogens with one attached hydrogen (secondary N) is 1. The molecule has 0 atom stereocenters. The number of hydrogen-bond donors (Lipinski definition) is 1. The summed E-state index contributed by atoms with van der Waals surface area (Å²) >= 11 is 1.43. The molecule has 0 saturated carbocycles. The molecule has 0 saturated heterocycles. The van der Waals surface area contributed by atoms with Gasteiger partial charge in [0.1, 0.15) is 0 Å². The van der Waals surface area contributed by atoms with E-state index in [1.165, 1.54) is 47.5 Å². The van der Waals surface area contributed by atoms with Gasteiger partial charge in [0, 0.05) is 25.0 Å². The highest BCUT2D eigenvalue weighted by atomic mass is 32.2. The van der Waals surface area contributed by atoms with Crippen molar-refractivity contribution in [2.75, 3.05) is 20.2 Å². The number of amides is 1. The average Bonchev–Trinajstić information content (AvgIpc) is 3.22. The number of benzene rings is 1. The van der Waals surface area contributed by atoms with Gasteiger partial charge in [0.25, 0.3) is 5.91 Å². The van der Waals surface area contributed by atoms with Gasteiger partial charge in [0.15, 0.2) is 6.61 Å². The van der Waals surface area contributed by atoms with E-state index in [0.29, 0.717) is 0 Å². The van der Waals surface area contributed by atoms with Gasteiger partial charge in [-0.15, -0.1) is 11.3 Å². The smallest absolute Gasteiger partial charge is 0.338 e. The van der Waals surface area contributed by atoms with Crippen molar-refractivity contribution in [1.82, 2.24) is 9.62 Å². The summed E-state index contributed by atoms with van der Waals surface area (Å²) in [6.07, 6.45) is 0.175. The van der Waals surface area contributed by atoms with E-state index in [2.05, 4.69) is 4.72 Å². The molecule has 148 valence electrons. The van der Waals surface area contributed by atoms with Crippen molar-refractivity contribution in [2.45, 2.75) is 17.9 Å². The zero-order valence-electron chi connectivity index (χ0n) is 15.1. The number of thiophene rings is 1. The predicted molar refractivity (Wildman–Crippen MR) is 103 cm³/mol. The summed E-state index contributed by atoms with van der Waals surface area (Å²) in [7, 11) is -2.30. The third kappa shape index (κ3) is 6.16. The van der Waals surface area contributed by atoms with Crippen LogP contribution in [0.4, 0.5) is 0 Å². The van der Waals surface area contributed by atoms with E-state index in [-0.39, 0.29) is 30.0 Å². The fourth-order valence-corrected chi connectivity index (χ4v) is 3.90. The Morgan fingerprint density at radius 1 is 1.29 bits per heavy atom. The molecule has 1 aromatic carbocycles. The summed E-state index contributed by atoms with van der Waals surface area (Å²) in [5.41, 5.74) is 0.0199. The molecule has 0 spiro atoms. The Balaban J connectivity index is 1.98. The first-order valence-electron chi connectivity index (χ1n) is 8.23. The molecule has 0 aliphatic carbocycles. The van der Waals surface area contributed by atoms with Crippen molar-refractivity contribution >= 4 is 33.2 Å². The topological polar surface area (TPSA) is 117 Å². The minimum Gasteiger partial charge on any atom is -0.452 e. The van der Waals surface area contributed by atoms with Crippen LogP contribution in [0.5, 0.6) is 0 Å². The van der Waals surface area contributed by atoms with E-state index in [9.17, 15) is 18.0 Å². The highest BCUT2D eigenvalue weighted by molar-refractivity contribution is 7.89. The number of sulfonamides is 1. The van der Waals surface area contributed by atoms with Crippen molar-refractivity contribution in [1.29, 1.82) is 5.26 Å². The predicted octanol–water partition coefficient (Wildman–Crippen LogP) is 1.76. The highest BCUT2D eigenvalue weighted by Gasteiger charge is 2.18. The lowest BCUT2D eigenvalue weighted by Crippen LogP contribution is -2.32. The van der Waals surface area contributed by atoms with Crippen molar-refractivity contribution in [3.8, 4) is 6.07 Å². The Hall–Kier alpha value is -2.74. The maximum atomic E-state index is 12.4. The van der Waals surface area contributed by atoms with Crippen molar-refractivity contribution in [3.05, 3.63) is 52.2 Å². The van der Waals surface area contributed by atoms with E-state index < -0.39 is 28.5 Å². The first-order chi connectivity index (χ1) is 13.3. The van der Waals surface area contributed by atoms with Gasteiger partial charge in [-0.3, -0.25) is 4.79 Å². The molecule has 0 radical (unpaired) electrons. The van der Waals surface area contributed by atoms with E-state index in [1.807, 2.05) is 23.6 Å². The van der Waals surface area contributed by atoms with E-state index in [4.69, 9.17) is 10.00 Å². The lowest BCUT2D eigenvalue weighted by atomic mass is 10.2. The summed E-state index contributed by atoms with van der Waals surface area (Å²) < 4.78 is 32.2. The number of esters is 1. The van der Waals surface area contributed by atoms with Gasteiger partial charge < -0.3 is 9.64 Å². The number of hydrogen-bond acceptors (Lipinski definition) is 7. The second-order valence-corrected chi connectivity index (χ2v) is 8.53. The number of carbonyl (C=O) groups is 2. The largest absolute Gasteiger partial charge is 0.452 e. The molecule has 2 aromatic rings. The normalized spacial score (nSPS) is 10.9. The molecule has 8 nitrogen and oxygen atoms in total. The zero-order valence-corrected chi connectivity index (χ0v) is 16.8. The number of ether oxygens (including phenoxy) is 1. The third-order valence-corrected chi connectivity index (χ3v) is 5.98. The molecule has 0 bridgehead atoms. The van der Waals surface area contributed by atoms with Crippen LogP contribution in [0.3, 0.4) is 0 Å². The summed E-state index contributed by atoms with van der Waals surface area (Å²) in [6, 6.07) is 11.0. The lowest BCUT2D eigenvalue weighted by molar-refractivity contribution is -0.133. The van der Waals surface area contributed by atoms with Crippen LogP contribution in [0.25, 0.3) is 0 Å². The zero-order chi connectivity index (χ0) is 20.6. The minimum absolute atomic E-state index is 0.0199. The summed E-state index contributed by atoms with van der Waals surface area (Å²) in [5.74, 6) is -1.26. The monoisotopic (exact) mass is 421 g/mol. The van der Waals surface area contributed by atoms with E-state index >= 15 is 0 Å². The van der Waals surface area contributed by atoms with Crippen LogP contribution < -0.4 is 4.72 Å². The third-order valence-electron chi connectivity index (χ3n) is 3.71. The standard InChI is InChI=1S/C18H19N3O5S2/c1-21(9-4-8-19)17(22)13-26-18(23)14-5-2-7-16(11-14)28(24,25)20-12-15-6-3-10-27-15/h2-3,5-7,10-11,20H,4,9,12-13H2,1H3. The first-order valence-corrected chi connectivity index (χ1v) is 10.6. The minimum atomic E-state index is -3.80. The van der Waals surface area contributed by atoms with Crippen molar-refractivity contribution in [2.24, 2.45) is 0 Å². The van der Waals surface area contributed by atoms with Gasteiger partial charge in [0.2, 0.25) is 10.0 Å². The number of nitriles is 1. The molecule has 0 unspecified atom stereocenters. The Morgan fingerprint density at radius 3 is 2.75 bits per heavy atom. The number of carbonyl (C=O) groups excluding carboxylic acids is 2. The summed E-state index contributed by atoms with van der Waals surface area (Å²) in [6.45, 7) is -0.108. The van der Waals surface area contributed by atoms with Crippen LogP contribution in [-0.4, -0.2) is 45.4 Å². The summed E-state index contributed by atoms with van der Waals surface area (Å²) in [5, 5.41) is 10.4. The van der Waals surface area contributed by atoms with Crippen molar-refractivity contribution < 1.29 is 22.7 Å². The van der Waals surface area contributed by atoms with E-state index in [1.54, 1.807) is 0 Å². The molecular weight excluding hydrogens is 402 g/mol. The van der Waals surface area contributed by atoms with Gasteiger partial charge in [-0.2, -0.15) is 5.26 Å². The highest BCUT2D eigenvalue weighted by Crippen LogP contribution is 2.14. The molecular formula is C18H19N3O5S2. The maximum absolute atomic E-state index is 12.4. The van der Waals surface area contributed by atoms with Crippen LogP contribution in [-0.2, 0) is 26.1 Å². The van der Waals surface area contributed by atoms with Crippen LogP contribution >= 0.6 is 11.3 Å². The van der Waals surface area contributed by atoms with Crippen LogP contribution in [0.1, 0.15) is 21.7 Å². The molecule has 1 N–H and O–H groups in total. The van der Waals surface area contributed by atoms with Gasteiger partial charge in [-0.25, -0.2) is 17.9 Å². The Kier molecular flexibility index (Phi) is 7.69. The van der Waals surface area contributed by atoms with E-state index in [0.717, 1.165) is 4.88 Å². The fourth-order valence-electron chi connectivity index (χ4n) is 2.12. The SMILES string of the molecule is CN(CCC#N)C(=O)COC(=O)c1cccc(S(=O)(=O)NCc2cccs2)c1. The van der Waals surface area contributed by atoms with Crippen molar-refractivity contribution in [3.63, 3.8) is 0 Å². The number of nitrogens with zero attached hydrogens (tertiary/aromatic N) is 2. The van der Waals surface area contributed by atoms with Gasteiger partial charge >= 0.3 is 5.97 Å². The van der Waals surface area contributed by atoms with Gasteiger partial charge in [-0.05, 0) is 29.6 Å². The fraction of sp³-hybridized carbons (Fsp3) is 0.278. The average molecular weight is 422 g/mol. The maximum Gasteiger partial charge on any atom is 0.338 e. The van der Waals surface area contributed by atoms with Crippen LogP contribution in [0, 0.1) is 11.3 Å². The van der Waals surface area contributed by atoms with Crippen LogP contribution in [0.2, 0.25) is 0 Å². The lowest BCUT2D eigenvalue weighted by Gasteiger charge is -2.15. The molecule has 0 aliphatic rings. The molecule has 1 amide bonds. The molecule has 0 aliphatic heterocycles. The second-order valence-electron chi connectivity index (χ2n) is 5.73. The molecule has 1 heterocycles. The van der Waals surface area contributed by atoms with Gasteiger partial charge in [0.05, 0.1) is 22.9 Å². The van der Waals surface area contributed by atoms with Crippen LogP contribution in [0.15, 0.2) is 46.7 Å². The Labute approximate surface area is 167 Å². The Bertz CT molecular complexity index is 965. The molecule has 2 rings (SSSR count). The Morgan fingerprint density at radius 2 is 2.07 bits per heavy atom.